The van der Waals surface area contributed by atoms with Crippen molar-refractivity contribution in [2.45, 2.75) is 52.1 Å². The predicted octanol–water partition coefficient (Wildman–Crippen LogP) is 2.59. The predicted molar refractivity (Wildman–Crippen MR) is 113 cm³/mol. The summed E-state index contributed by atoms with van der Waals surface area (Å²) < 4.78 is 5.38. The summed E-state index contributed by atoms with van der Waals surface area (Å²) >= 11 is 1.46. The van der Waals surface area contributed by atoms with Gasteiger partial charge in [-0.3, -0.25) is 14.5 Å². The maximum absolute atomic E-state index is 12.8. The number of carbonyl (C=O) groups is 2. The van der Waals surface area contributed by atoms with Gasteiger partial charge in [-0.15, -0.1) is 11.3 Å². The molecule has 0 unspecified atom stereocenters. The van der Waals surface area contributed by atoms with Crippen molar-refractivity contribution in [2.24, 2.45) is 17.8 Å². The number of rotatable bonds is 5. The van der Waals surface area contributed by atoms with Crippen LogP contribution in [0, 0.1) is 17.8 Å². The fourth-order valence-electron chi connectivity index (χ4n) is 4.85. The van der Waals surface area contributed by atoms with Crippen molar-refractivity contribution in [2.75, 3.05) is 38.2 Å². The monoisotopic (exact) mass is 420 g/mol. The Morgan fingerprint density at radius 1 is 1.31 bits per heavy atom. The van der Waals surface area contributed by atoms with Crippen molar-refractivity contribution in [3.63, 3.8) is 0 Å². The number of carbonyl (C=O) groups excluding carboxylic acids is 2. The highest BCUT2D eigenvalue weighted by molar-refractivity contribution is 7.13. The zero-order valence-electron chi connectivity index (χ0n) is 17.4. The van der Waals surface area contributed by atoms with Gasteiger partial charge in [0.1, 0.15) is 0 Å². The summed E-state index contributed by atoms with van der Waals surface area (Å²) in [7, 11) is 0. The van der Waals surface area contributed by atoms with Crippen molar-refractivity contribution < 1.29 is 14.3 Å². The second-order valence-electron chi connectivity index (χ2n) is 8.80. The molecule has 160 valence electrons. The second-order valence-corrected chi connectivity index (χ2v) is 9.66. The summed E-state index contributed by atoms with van der Waals surface area (Å²) in [4.78, 5) is 34.3. The molecular weight excluding hydrogens is 388 g/mol. The van der Waals surface area contributed by atoms with E-state index in [9.17, 15) is 9.59 Å². The van der Waals surface area contributed by atoms with Gasteiger partial charge in [0.25, 0.3) is 0 Å². The van der Waals surface area contributed by atoms with Crippen molar-refractivity contribution in [1.82, 2.24) is 14.8 Å². The van der Waals surface area contributed by atoms with Gasteiger partial charge >= 0.3 is 0 Å². The summed E-state index contributed by atoms with van der Waals surface area (Å²) in [6.45, 7) is 9.20. The van der Waals surface area contributed by atoms with E-state index in [0.717, 1.165) is 45.0 Å². The van der Waals surface area contributed by atoms with Crippen molar-refractivity contribution >= 4 is 28.3 Å². The molecule has 2 amide bonds. The van der Waals surface area contributed by atoms with Gasteiger partial charge in [0.2, 0.25) is 11.8 Å². The highest BCUT2D eigenvalue weighted by Gasteiger charge is 2.41. The number of nitrogens with zero attached hydrogens (tertiary/aromatic N) is 3. The lowest BCUT2D eigenvalue weighted by Gasteiger charge is -2.40. The third-order valence-electron chi connectivity index (χ3n) is 6.86. The number of thiazole rings is 1. The van der Waals surface area contributed by atoms with E-state index < -0.39 is 0 Å². The van der Waals surface area contributed by atoms with Crippen LogP contribution in [0.25, 0.3) is 0 Å². The van der Waals surface area contributed by atoms with Gasteiger partial charge in [0, 0.05) is 44.0 Å². The minimum absolute atomic E-state index is 0.0790. The number of ether oxygens (including phenoxy) is 1. The topological polar surface area (TPSA) is 74.8 Å². The normalized spacial score (nSPS) is 31.2. The van der Waals surface area contributed by atoms with Crippen LogP contribution in [-0.4, -0.2) is 65.5 Å². The third kappa shape index (κ3) is 4.81. The maximum atomic E-state index is 12.8. The van der Waals surface area contributed by atoms with E-state index in [1.54, 1.807) is 0 Å². The number of nitrogens with one attached hydrogen (secondary N) is 1. The number of amides is 2. The first kappa shape index (κ1) is 20.8. The molecule has 2 aliphatic heterocycles. The molecule has 3 heterocycles. The molecule has 4 atom stereocenters. The Morgan fingerprint density at radius 3 is 2.90 bits per heavy atom. The van der Waals surface area contributed by atoms with Gasteiger partial charge in [-0.05, 0) is 18.3 Å². The lowest BCUT2D eigenvalue weighted by molar-refractivity contribution is -0.131. The molecule has 8 heteroatoms. The quantitative estimate of drug-likeness (QED) is 0.793. The Labute approximate surface area is 176 Å². The summed E-state index contributed by atoms with van der Waals surface area (Å²) in [6, 6.07) is 0.282. The fourth-order valence-corrected chi connectivity index (χ4v) is 5.56. The Morgan fingerprint density at radius 2 is 2.10 bits per heavy atom. The minimum Gasteiger partial charge on any atom is -0.379 e. The number of aromatic nitrogens is 1. The summed E-state index contributed by atoms with van der Waals surface area (Å²) in [5, 5.41) is 5.58. The van der Waals surface area contributed by atoms with Gasteiger partial charge in [-0.25, -0.2) is 4.98 Å². The maximum Gasteiger partial charge on any atom is 0.231 e. The fraction of sp³-hybridized carbons (Fsp3) is 0.762. The first-order chi connectivity index (χ1) is 14.0. The minimum atomic E-state index is -0.279. The molecule has 7 nitrogen and oxygen atoms in total. The number of anilines is 1. The largest absolute Gasteiger partial charge is 0.379 e. The molecule has 1 saturated carbocycles. The van der Waals surface area contributed by atoms with Crippen molar-refractivity contribution in [3.05, 3.63) is 11.1 Å². The molecule has 0 spiro atoms. The van der Waals surface area contributed by atoms with Crippen LogP contribution < -0.4 is 5.32 Å². The van der Waals surface area contributed by atoms with E-state index in [1.165, 1.54) is 24.2 Å². The molecule has 0 aromatic carbocycles. The van der Waals surface area contributed by atoms with Gasteiger partial charge in [-0.1, -0.05) is 26.7 Å². The van der Waals surface area contributed by atoms with Crippen LogP contribution in [0.3, 0.4) is 0 Å². The van der Waals surface area contributed by atoms with Gasteiger partial charge in [0.15, 0.2) is 5.13 Å². The van der Waals surface area contributed by atoms with Crippen LogP contribution in [0.5, 0.6) is 0 Å². The van der Waals surface area contributed by atoms with Gasteiger partial charge < -0.3 is 15.0 Å². The van der Waals surface area contributed by atoms with Crippen LogP contribution in [0.1, 0.15) is 45.2 Å². The van der Waals surface area contributed by atoms with Crippen molar-refractivity contribution in [1.29, 1.82) is 0 Å². The van der Waals surface area contributed by atoms with Gasteiger partial charge in [-0.2, -0.15) is 0 Å². The molecular formula is C21H32N4O3S. The van der Waals surface area contributed by atoms with Crippen LogP contribution in [-0.2, 0) is 20.9 Å². The lowest BCUT2D eigenvalue weighted by Crippen LogP contribution is -2.45. The molecule has 4 rings (SSSR count). The Bertz CT molecular complexity index is 733. The molecule has 2 saturated heterocycles. The van der Waals surface area contributed by atoms with E-state index in [2.05, 4.69) is 29.0 Å². The van der Waals surface area contributed by atoms with Gasteiger partial charge in [0.05, 0.1) is 24.8 Å². The van der Waals surface area contributed by atoms with E-state index in [4.69, 9.17) is 4.74 Å². The van der Waals surface area contributed by atoms with Crippen LogP contribution >= 0.6 is 11.3 Å². The number of hydrogen-bond donors (Lipinski definition) is 1. The average molecular weight is 421 g/mol. The standard InChI is InChI=1S/C21H32N4O3S/c1-14-4-3-5-18(15(14)2)25-11-16(10-19(25)26)20(27)23-21-22-17(13-29-21)12-24-6-8-28-9-7-24/h13-16,18H,3-12H2,1-2H3,(H,22,23,27)/t14-,15+,16-,18+/m1/s1. The summed E-state index contributed by atoms with van der Waals surface area (Å²) in [5.41, 5.74) is 0.973. The number of hydrogen-bond acceptors (Lipinski definition) is 6. The zero-order valence-corrected chi connectivity index (χ0v) is 18.2. The molecule has 3 fully saturated rings. The van der Waals surface area contributed by atoms with Crippen LogP contribution in [0.4, 0.5) is 5.13 Å². The Hall–Kier alpha value is -1.51. The average Bonchev–Trinajstić information content (AvgIpc) is 3.31. The first-order valence-electron chi connectivity index (χ1n) is 10.9. The summed E-state index contributed by atoms with van der Waals surface area (Å²) in [6.07, 6.45) is 3.78. The SMILES string of the molecule is C[C@H]1[C@H](C)CCC[C@@H]1N1C[C@H](C(=O)Nc2nc(CN3CCOCC3)cs2)CC1=O. The number of morpholine rings is 1. The lowest BCUT2D eigenvalue weighted by atomic mass is 9.77. The van der Waals surface area contributed by atoms with E-state index >= 15 is 0 Å². The molecule has 3 aliphatic rings. The second kappa shape index (κ2) is 9.10. The molecule has 29 heavy (non-hydrogen) atoms. The molecule has 1 aromatic rings. The summed E-state index contributed by atoms with van der Waals surface area (Å²) in [5.74, 6) is 0.900. The van der Waals surface area contributed by atoms with E-state index in [1.807, 2.05) is 10.3 Å². The van der Waals surface area contributed by atoms with Crippen molar-refractivity contribution in [3.8, 4) is 0 Å². The molecule has 0 radical (unpaired) electrons. The van der Waals surface area contributed by atoms with E-state index in [0.29, 0.717) is 29.9 Å². The Kier molecular flexibility index (Phi) is 6.51. The zero-order chi connectivity index (χ0) is 20.4. The first-order valence-corrected chi connectivity index (χ1v) is 11.7. The Balaban J connectivity index is 1.31. The highest BCUT2D eigenvalue weighted by Crippen LogP contribution is 2.36. The molecule has 1 aliphatic carbocycles. The van der Waals surface area contributed by atoms with Crippen LogP contribution in [0.15, 0.2) is 5.38 Å². The third-order valence-corrected chi connectivity index (χ3v) is 7.67. The van der Waals surface area contributed by atoms with Crippen LogP contribution in [0.2, 0.25) is 0 Å². The smallest absolute Gasteiger partial charge is 0.231 e. The number of likely N-dealkylation sites (tertiary alicyclic amines) is 1. The molecule has 0 bridgehead atoms. The van der Waals surface area contributed by atoms with E-state index in [-0.39, 0.29) is 23.8 Å². The molecule has 1 aromatic heterocycles. The highest BCUT2D eigenvalue weighted by atomic mass is 32.1. The molecule has 1 N–H and O–H groups in total.